The van der Waals surface area contributed by atoms with Crippen molar-refractivity contribution >= 4 is 17.7 Å². The lowest BCUT2D eigenvalue weighted by Gasteiger charge is -2.27. The lowest BCUT2D eigenvalue weighted by Crippen LogP contribution is -2.28. The highest BCUT2D eigenvalue weighted by atomic mass is 16.5. The molecule has 1 aliphatic carbocycles. The van der Waals surface area contributed by atoms with Crippen molar-refractivity contribution in [1.29, 1.82) is 0 Å². The first kappa shape index (κ1) is 17.9. The van der Waals surface area contributed by atoms with E-state index in [9.17, 15) is 14.4 Å². The number of methoxy groups -OCH3 is 2. The third-order valence-corrected chi connectivity index (χ3v) is 4.07. The molecule has 0 aromatic carbocycles. The maximum absolute atomic E-state index is 11.5. The second-order valence-corrected chi connectivity index (χ2v) is 5.71. The smallest absolute Gasteiger partial charge is 0.374 e. The molecule has 0 atom stereocenters. The van der Waals surface area contributed by atoms with Crippen molar-refractivity contribution in [3.63, 3.8) is 0 Å². The van der Waals surface area contributed by atoms with Crippen LogP contribution in [0.3, 0.4) is 0 Å². The van der Waals surface area contributed by atoms with Crippen LogP contribution in [0.5, 0.6) is 5.88 Å². The van der Waals surface area contributed by atoms with Gasteiger partial charge in [-0.3, -0.25) is 9.59 Å². The molecule has 1 fully saturated rings. The van der Waals surface area contributed by atoms with Crippen molar-refractivity contribution in [2.75, 3.05) is 14.2 Å². The van der Waals surface area contributed by atoms with Gasteiger partial charge in [-0.2, -0.15) is 0 Å². The molecule has 1 heterocycles. The zero-order valence-electron chi connectivity index (χ0n) is 13.8. The van der Waals surface area contributed by atoms with E-state index in [1.807, 2.05) is 0 Å². The number of aromatic nitrogens is 1. The molecule has 1 aromatic rings. The number of hydrogen-bond acceptors (Lipinski definition) is 7. The summed E-state index contributed by atoms with van der Waals surface area (Å²) in [5.41, 5.74) is 0.618. The molecule has 2 rings (SSSR count). The zero-order valence-corrected chi connectivity index (χ0v) is 13.8. The van der Waals surface area contributed by atoms with Crippen LogP contribution in [0.1, 0.15) is 31.2 Å². The van der Waals surface area contributed by atoms with Gasteiger partial charge >= 0.3 is 11.9 Å². The van der Waals surface area contributed by atoms with E-state index < -0.39 is 11.8 Å². The second-order valence-electron chi connectivity index (χ2n) is 5.71. The fourth-order valence-corrected chi connectivity index (χ4v) is 2.71. The first-order valence-electron chi connectivity index (χ1n) is 7.84. The summed E-state index contributed by atoms with van der Waals surface area (Å²) >= 11 is 0. The average Bonchev–Trinajstić information content (AvgIpc) is 2.62. The van der Waals surface area contributed by atoms with Gasteiger partial charge in [0.25, 0.3) is 0 Å². The van der Waals surface area contributed by atoms with Crippen LogP contribution in [0.4, 0.5) is 0 Å². The summed E-state index contributed by atoms with van der Waals surface area (Å²) in [7, 11) is 2.58. The number of ether oxygens (including phenoxy) is 3. The van der Waals surface area contributed by atoms with E-state index in [0.717, 1.165) is 25.7 Å². The van der Waals surface area contributed by atoms with Crippen molar-refractivity contribution in [3.05, 3.63) is 23.9 Å². The topological polar surface area (TPSA) is 91.8 Å². The van der Waals surface area contributed by atoms with E-state index in [1.165, 1.54) is 20.4 Å². The first-order chi connectivity index (χ1) is 11.5. The van der Waals surface area contributed by atoms with Gasteiger partial charge in [0.1, 0.15) is 6.10 Å². The Labute approximate surface area is 140 Å². The van der Waals surface area contributed by atoms with E-state index in [4.69, 9.17) is 9.47 Å². The third kappa shape index (κ3) is 4.78. The van der Waals surface area contributed by atoms with Crippen LogP contribution in [0.2, 0.25) is 0 Å². The van der Waals surface area contributed by atoms with Crippen LogP contribution in [-0.4, -0.2) is 43.0 Å². The van der Waals surface area contributed by atoms with Crippen molar-refractivity contribution in [2.45, 2.75) is 38.2 Å². The number of Topliss-reactive ketones (excluding diaryl/α,β-unsaturated/α-hetero) is 1. The molecular weight excluding hydrogens is 314 g/mol. The first-order valence-corrected chi connectivity index (χ1v) is 7.84. The number of pyridine rings is 1. The molecule has 0 N–H and O–H groups in total. The Balaban J connectivity index is 1.83. The van der Waals surface area contributed by atoms with Crippen LogP contribution < -0.4 is 4.74 Å². The van der Waals surface area contributed by atoms with Crippen molar-refractivity contribution < 1.29 is 28.6 Å². The zero-order chi connectivity index (χ0) is 17.5. The summed E-state index contributed by atoms with van der Waals surface area (Å²) in [4.78, 5) is 38.2. The van der Waals surface area contributed by atoms with Gasteiger partial charge in [-0.05, 0) is 31.2 Å². The van der Waals surface area contributed by atoms with Crippen LogP contribution in [0.15, 0.2) is 18.3 Å². The summed E-state index contributed by atoms with van der Waals surface area (Å²) in [6.45, 7) is 0. The summed E-state index contributed by atoms with van der Waals surface area (Å²) < 4.78 is 14.9. The molecule has 0 amide bonds. The molecule has 130 valence electrons. The predicted octanol–water partition coefficient (Wildman–Crippen LogP) is 1.48. The number of carbonyl (C=O) groups is 3. The van der Waals surface area contributed by atoms with Crippen LogP contribution in [0, 0.1) is 5.92 Å². The molecule has 0 unspecified atom stereocenters. The highest BCUT2D eigenvalue weighted by Crippen LogP contribution is 2.27. The SMILES string of the molecule is COC(=O)C(=O)Cc1ccc(OC2CCC(C(=O)OC)CC2)nc1. The van der Waals surface area contributed by atoms with Crippen molar-refractivity contribution in [1.82, 2.24) is 4.98 Å². The normalized spacial score (nSPS) is 20.1. The Hall–Kier alpha value is -2.44. The quantitative estimate of drug-likeness (QED) is 0.574. The Morgan fingerprint density at radius 3 is 2.33 bits per heavy atom. The van der Waals surface area contributed by atoms with Crippen molar-refractivity contribution in [3.8, 4) is 5.88 Å². The Morgan fingerprint density at radius 2 is 1.79 bits per heavy atom. The lowest BCUT2D eigenvalue weighted by atomic mass is 9.87. The lowest BCUT2D eigenvalue weighted by molar-refractivity contribution is -0.151. The van der Waals surface area contributed by atoms with Gasteiger partial charge in [0.2, 0.25) is 11.7 Å². The van der Waals surface area contributed by atoms with E-state index >= 15 is 0 Å². The molecule has 0 spiro atoms. The second kappa shape index (κ2) is 8.42. The minimum absolute atomic E-state index is 0.0148. The highest BCUT2D eigenvalue weighted by molar-refractivity contribution is 6.34. The van der Waals surface area contributed by atoms with Gasteiger partial charge in [0, 0.05) is 18.7 Å². The van der Waals surface area contributed by atoms with Gasteiger partial charge < -0.3 is 14.2 Å². The summed E-state index contributed by atoms with van der Waals surface area (Å²) in [6, 6.07) is 3.37. The number of ketones is 1. The van der Waals surface area contributed by atoms with Crippen LogP contribution >= 0.6 is 0 Å². The largest absolute Gasteiger partial charge is 0.474 e. The monoisotopic (exact) mass is 335 g/mol. The van der Waals surface area contributed by atoms with Crippen molar-refractivity contribution in [2.24, 2.45) is 5.92 Å². The summed E-state index contributed by atoms with van der Waals surface area (Å²) in [5, 5.41) is 0. The molecule has 0 saturated heterocycles. The molecule has 0 bridgehead atoms. The molecule has 1 aromatic heterocycles. The Kier molecular flexibility index (Phi) is 6.28. The van der Waals surface area contributed by atoms with E-state index in [0.29, 0.717) is 11.4 Å². The van der Waals surface area contributed by atoms with Gasteiger partial charge in [-0.1, -0.05) is 6.07 Å². The molecule has 24 heavy (non-hydrogen) atoms. The van der Waals surface area contributed by atoms with Crippen LogP contribution in [0.25, 0.3) is 0 Å². The number of carbonyl (C=O) groups excluding carboxylic acids is 3. The van der Waals surface area contributed by atoms with E-state index in [2.05, 4.69) is 9.72 Å². The summed E-state index contributed by atoms with van der Waals surface area (Å²) in [6.07, 6.45) is 4.49. The minimum Gasteiger partial charge on any atom is -0.474 e. The third-order valence-electron chi connectivity index (χ3n) is 4.07. The van der Waals surface area contributed by atoms with E-state index in [1.54, 1.807) is 12.1 Å². The molecule has 7 heteroatoms. The minimum atomic E-state index is -0.863. The number of esters is 2. The number of hydrogen-bond donors (Lipinski definition) is 0. The maximum atomic E-state index is 11.5. The molecule has 0 aliphatic heterocycles. The van der Waals surface area contributed by atoms with Gasteiger partial charge in [0.05, 0.1) is 20.1 Å². The highest BCUT2D eigenvalue weighted by Gasteiger charge is 2.28. The van der Waals surface area contributed by atoms with E-state index in [-0.39, 0.29) is 24.4 Å². The molecule has 0 radical (unpaired) electrons. The van der Waals surface area contributed by atoms with Gasteiger partial charge in [0.15, 0.2) is 0 Å². The standard InChI is InChI=1S/C17H21NO6/c1-22-16(20)12-4-6-13(7-5-12)24-15-8-3-11(10-18-15)9-14(19)17(21)23-2/h3,8,10,12-13H,4-7,9H2,1-2H3. The molecule has 7 nitrogen and oxygen atoms in total. The van der Waals surface area contributed by atoms with Gasteiger partial charge in [-0.15, -0.1) is 0 Å². The molecule has 1 aliphatic rings. The summed E-state index contributed by atoms with van der Waals surface area (Å²) in [5.74, 6) is -1.22. The van der Waals surface area contributed by atoms with Crippen LogP contribution in [-0.2, 0) is 30.3 Å². The number of rotatable bonds is 6. The Bertz CT molecular complexity index is 590. The average molecular weight is 335 g/mol. The fourth-order valence-electron chi connectivity index (χ4n) is 2.71. The molecule has 1 saturated carbocycles. The molecular formula is C17H21NO6. The fraction of sp³-hybridized carbons (Fsp3) is 0.529. The Morgan fingerprint density at radius 1 is 1.08 bits per heavy atom. The van der Waals surface area contributed by atoms with Gasteiger partial charge in [-0.25, -0.2) is 9.78 Å². The maximum Gasteiger partial charge on any atom is 0.374 e. The predicted molar refractivity (Wildman–Crippen MR) is 83.4 cm³/mol. The number of nitrogens with zero attached hydrogens (tertiary/aromatic N) is 1.